The molecule has 0 aliphatic rings. The van der Waals surface area contributed by atoms with E-state index >= 15 is 0 Å². The van der Waals surface area contributed by atoms with E-state index in [0.717, 1.165) is 12.1 Å². The molecule has 0 aliphatic carbocycles. The molecule has 10 heteroatoms. The summed E-state index contributed by atoms with van der Waals surface area (Å²) in [6.07, 6.45) is 0. The van der Waals surface area contributed by atoms with Crippen LogP contribution < -0.4 is 10.6 Å². The van der Waals surface area contributed by atoms with Crippen molar-refractivity contribution in [2.75, 3.05) is 10.6 Å². The van der Waals surface area contributed by atoms with Gasteiger partial charge in [-0.25, -0.2) is 0 Å². The highest BCUT2D eigenvalue weighted by Gasteiger charge is 2.31. The third-order valence-corrected chi connectivity index (χ3v) is 3.37. The Morgan fingerprint density at radius 2 is 1.04 bits per heavy atom. The van der Waals surface area contributed by atoms with Crippen LogP contribution >= 0.6 is 0 Å². The molecule has 0 unspecified atom stereocenters. The van der Waals surface area contributed by atoms with Crippen LogP contribution in [-0.2, 0) is 9.59 Å². The maximum atomic E-state index is 12.2. The summed E-state index contributed by atoms with van der Waals surface area (Å²) in [6, 6.07) is 1.75. The molecular formula is C16H22N4O6. The normalized spacial score (nSPS) is 11.6. The van der Waals surface area contributed by atoms with Gasteiger partial charge >= 0.3 is 11.4 Å². The predicted octanol–water partition coefficient (Wildman–Crippen LogP) is 3.47. The van der Waals surface area contributed by atoms with Gasteiger partial charge in [0.05, 0.1) is 21.2 Å². The number of nitro groups is 2. The second kappa shape index (κ2) is 7.06. The number of hydrogen-bond donors (Lipinski definition) is 2. The van der Waals surface area contributed by atoms with E-state index in [4.69, 9.17) is 0 Å². The van der Waals surface area contributed by atoms with Crippen LogP contribution in [-0.4, -0.2) is 21.7 Å². The molecule has 1 aromatic rings. The molecule has 1 rings (SSSR count). The molecule has 0 radical (unpaired) electrons. The molecule has 0 aromatic heterocycles. The molecule has 0 saturated heterocycles. The number of nitro benzene ring substituents is 2. The number of rotatable bonds is 4. The van der Waals surface area contributed by atoms with Gasteiger partial charge in [-0.2, -0.15) is 0 Å². The van der Waals surface area contributed by atoms with Gasteiger partial charge < -0.3 is 10.6 Å². The Labute approximate surface area is 150 Å². The van der Waals surface area contributed by atoms with E-state index < -0.39 is 43.9 Å². The third-order valence-electron chi connectivity index (χ3n) is 3.37. The SMILES string of the molecule is CC(C)(C)C(=O)Nc1cc([N+](=O)[O-])c([N+](=O)[O-])cc1NC(=O)C(C)(C)C. The summed E-state index contributed by atoms with van der Waals surface area (Å²) >= 11 is 0. The number of carbonyl (C=O) groups excluding carboxylic acids is 2. The van der Waals surface area contributed by atoms with Gasteiger partial charge in [0.25, 0.3) is 0 Å². The van der Waals surface area contributed by atoms with Gasteiger partial charge in [0.1, 0.15) is 0 Å². The van der Waals surface area contributed by atoms with Gasteiger partial charge in [0, 0.05) is 23.0 Å². The van der Waals surface area contributed by atoms with Crippen molar-refractivity contribution in [3.8, 4) is 0 Å². The summed E-state index contributed by atoms with van der Waals surface area (Å²) in [5, 5.41) is 27.3. The molecule has 2 amide bonds. The molecule has 0 bridgehead atoms. The Hall–Kier alpha value is -3.04. The lowest BCUT2D eigenvalue weighted by Crippen LogP contribution is -2.30. The number of nitrogens with one attached hydrogen (secondary N) is 2. The zero-order valence-corrected chi connectivity index (χ0v) is 15.5. The predicted molar refractivity (Wildman–Crippen MR) is 95.9 cm³/mol. The van der Waals surface area contributed by atoms with E-state index in [-0.39, 0.29) is 11.4 Å². The van der Waals surface area contributed by atoms with Crippen molar-refractivity contribution < 1.29 is 19.4 Å². The average molecular weight is 366 g/mol. The quantitative estimate of drug-likeness (QED) is 0.616. The highest BCUT2D eigenvalue weighted by molar-refractivity contribution is 6.03. The fourth-order valence-electron chi connectivity index (χ4n) is 1.70. The Bertz CT molecular complexity index is 709. The molecule has 0 heterocycles. The van der Waals surface area contributed by atoms with Crippen LogP contribution in [0.3, 0.4) is 0 Å². The Morgan fingerprint density at radius 3 is 1.23 bits per heavy atom. The van der Waals surface area contributed by atoms with Crippen LogP contribution in [0.25, 0.3) is 0 Å². The Morgan fingerprint density at radius 1 is 0.769 bits per heavy atom. The number of amides is 2. The van der Waals surface area contributed by atoms with E-state index in [2.05, 4.69) is 10.6 Å². The second-order valence-corrected chi connectivity index (χ2v) is 7.81. The first-order valence-electron chi connectivity index (χ1n) is 7.74. The number of carbonyl (C=O) groups is 2. The molecule has 2 N–H and O–H groups in total. The van der Waals surface area contributed by atoms with E-state index in [1.165, 1.54) is 0 Å². The number of hydrogen-bond acceptors (Lipinski definition) is 6. The van der Waals surface area contributed by atoms with E-state index in [1.807, 2.05) is 0 Å². The first-order chi connectivity index (χ1) is 11.6. The van der Waals surface area contributed by atoms with Gasteiger partial charge in [-0.15, -0.1) is 0 Å². The summed E-state index contributed by atoms with van der Waals surface area (Å²) < 4.78 is 0. The summed E-state index contributed by atoms with van der Waals surface area (Å²) in [5.74, 6) is -0.932. The zero-order valence-electron chi connectivity index (χ0n) is 15.5. The minimum atomic E-state index is -0.916. The van der Waals surface area contributed by atoms with Crippen LogP contribution in [0.4, 0.5) is 22.7 Å². The van der Waals surface area contributed by atoms with Crippen molar-refractivity contribution in [3.63, 3.8) is 0 Å². The summed E-state index contributed by atoms with van der Waals surface area (Å²) in [5.41, 5.74) is -3.37. The largest absolute Gasteiger partial charge is 0.348 e. The molecule has 0 spiro atoms. The maximum Gasteiger partial charge on any atom is 0.348 e. The second-order valence-electron chi connectivity index (χ2n) is 7.81. The van der Waals surface area contributed by atoms with Crippen molar-refractivity contribution >= 4 is 34.6 Å². The van der Waals surface area contributed by atoms with Gasteiger partial charge in [0.15, 0.2) is 0 Å². The monoisotopic (exact) mass is 366 g/mol. The van der Waals surface area contributed by atoms with Crippen LogP contribution in [0.1, 0.15) is 41.5 Å². The average Bonchev–Trinajstić information content (AvgIpc) is 2.45. The maximum absolute atomic E-state index is 12.2. The topological polar surface area (TPSA) is 144 Å². The van der Waals surface area contributed by atoms with Crippen LogP contribution in [0.5, 0.6) is 0 Å². The lowest BCUT2D eigenvalue weighted by atomic mass is 9.94. The fraction of sp³-hybridized carbons (Fsp3) is 0.500. The first-order valence-corrected chi connectivity index (χ1v) is 7.74. The molecule has 10 nitrogen and oxygen atoms in total. The van der Waals surface area contributed by atoms with Crippen molar-refractivity contribution in [2.45, 2.75) is 41.5 Å². The number of anilines is 2. The van der Waals surface area contributed by atoms with E-state index in [9.17, 15) is 29.8 Å². The molecular weight excluding hydrogens is 344 g/mol. The van der Waals surface area contributed by atoms with Gasteiger partial charge in [0.2, 0.25) is 11.8 Å². The minimum absolute atomic E-state index is 0.0835. The van der Waals surface area contributed by atoms with E-state index in [1.54, 1.807) is 41.5 Å². The van der Waals surface area contributed by atoms with Crippen molar-refractivity contribution in [1.82, 2.24) is 0 Å². The van der Waals surface area contributed by atoms with Gasteiger partial charge in [-0.05, 0) is 0 Å². The fourth-order valence-corrected chi connectivity index (χ4v) is 1.70. The van der Waals surface area contributed by atoms with Crippen LogP contribution in [0.2, 0.25) is 0 Å². The molecule has 0 fully saturated rings. The molecule has 142 valence electrons. The van der Waals surface area contributed by atoms with Gasteiger partial charge in [-0.3, -0.25) is 29.8 Å². The van der Waals surface area contributed by atoms with Crippen molar-refractivity contribution in [1.29, 1.82) is 0 Å². The van der Waals surface area contributed by atoms with Crippen molar-refractivity contribution in [3.05, 3.63) is 32.4 Å². The Kier molecular flexibility index (Phi) is 5.71. The first kappa shape index (κ1) is 21.0. The highest BCUT2D eigenvalue weighted by atomic mass is 16.6. The zero-order chi connectivity index (χ0) is 20.4. The Balaban J connectivity index is 3.54. The summed E-state index contributed by atoms with van der Waals surface area (Å²) in [6.45, 7) is 9.81. The smallest absolute Gasteiger partial charge is 0.324 e. The van der Waals surface area contributed by atoms with Crippen LogP contribution in [0, 0.1) is 31.1 Å². The van der Waals surface area contributed by atoms with Crippen molar-refractivity contribution in [2.24, 2.45) is 10.8 Å². The molecule has 0 aliphatic heterocycles. The minimum Gasteiger partial charge on any atom is -0.324 e. The van der Waals surface area contributed by atoms with E-state index in [0.29, 0.717) is 0 Å². The molecule has 0 saturated carbocycles. The van der Waals surface area contributed by atoms with Gasteiger partial charge in [-0.1, -0.05) is 41.5 Å². The molecule has 1 aromatic carbocycles. The summed E-state index contributed by atoms with van der Waals surface area (Å²) in [4.78, 5) is 45.0. The lowest BCUT2D eigenvalue weighted by molar-refractivity contribution is -0.422. The highest BCUT2D eigenvalue weighted by Crippen LogP contribution is 2.37. The van der Waals surface area contributed by atoms with Crippen LogP contribution in [0.15, 0.2) is 12.1 Å². The lowest BCUT2D eigenvalue weighted by Gasteiger charge is -2.22. The molecule has 0 atom stereocenters. The third kappa shape index (κ3) is 4.98. The molecule has 26 heavy (non-hydrogen) atoms. The summed E-state index contributed by atoms with van der Waals surface area (Å²) in [7, 11) is 0. The number of benzene rings is 1. The number of nitrogens with zero attached hydrogens (tertiary/aromatic N) is 2. The standard InChI is InChI=1S/C16H22N4O6/c1-15(2,3)13(21)17-9-7-11(19(23)24)12(20(25)26)8-10(9)18-14(22)16(4,5)6/h7-8H,1-6H3,(H,17,21)(H,18,22).